The predicted molar refractivity (Wildman–Crippen MR) is 70.4 cm³/mol. The molecule has 0 aliphatic rings. The number of aliphatic hydroxyl groups is 1. The average molecular weight is 266 g/mol. The van der Waals surface area contributed by atoms with Gasteiger partial charge in [-0.15, -0.1) is 0 Å². The Bertz CT molecular complexity index is 498. The maximum Gasteiger partial charge on any atom is 0.101 e. The summed E-state index contributed by atoms with van der Waals surface area (Å²) in [4.78, 5) is 4.03. The third-order valence-corrected chi connectivity index (χ3v) is 3.03. The van der Waals surface area contributed by atoms with Crippen LogP contribution in [0.15, 0.2) is 30.7 Å². The summed E-state index contributed by atoms with van der Waals surface area (Å²) in [5.74, 6) is 0. The van der Waals surface area contributed by atoms with Gasteiger partial charge in [-0.3, -0.25) is 9.67 Å². The fourth-order valence-corrected chi connectivity index (χ4v) is 2.20. The van der Waals surface area contributed by atoms with Gasteiger partial charge in [0.2, 0.25) is 0 Å². The van der Waals surface area contributed by atoms with Crippen LogP contribution in [0.1, 0.15) is 30.7 Å². The Kier molecular flexibility index (Phi) is 4.33. The van der Waals surface area contributed by atoms with E-state index in [0.717, 1.165) is 18.5 Å². The van der Waals surface area contributed by atoms with Crippen LogP contribution in [0.2, 0.25) is 5.02 Å². The van der Waals surface area contributed by atoms with Crippen molar-refractivity contribution in [2.24, 2.45) is 0 Å². The second kappa shape index (κ2) is 5.98. The monoisotopic (exact) mass is 265 g/mol. The summed E-state index contributed by atoms with van der Waals surface area (Å²) < 4.78 is 1.77. The first kappa shape index (κ1) is 13.1. The van der Waals surface area contributed by atoms with Crippen LogP contribution in [0.3, 0.4) is 0 Å². The van der Waals surface area contributed by atoms with E-state index in [4.69, 9.17) is 11.6 Å². The van der Waals surface area contributed by atoms with Crippen LogP contribution in [-0.4, -0.2) is 19.9 Å². The number of nitrogens with zero attached hydrogens (tertiary/aromatic N) is 3. The third kappa shape index (κ3) is 2.89. The Morgan fingerprint density at radius 2 is 2.28 bits per heavy atom. The van der Waals surface area contributed by atoms with Crippen molar-refractivity contribution in [1.82, 2.24) is 14.8 Å². The number of pyridine rings is 1. The topological polar surface area (TPSA) is 50.9 Å². The fourth-order valence-electron chi connectivity index (χ4n) is 1.93. The van der Waals surface area contributed by atoms with Crippen LogP contribution < -0.4 is 0 Å². The van der Waals surface area contributed by atoms with Crippen molar-refractivity contribution in [3.8, 4) is 0 Å². The molecule has 96 valence electrons. The summed E-state index contributed by atoms with van der Waals surface area (Å²) in [7, 11) is 0. The van der Waals surface area contributed by atoms with Gasteiger partial charge in [0.1, 0.15) is 6.10 Å². The first-order valence-corrected chi connectivity index (χ1v) is 6.38. The molecule has 2 rings (SSSR count). The first-order chi connectivity index (χ1) is 8.72. The minimum Gasteiger partial charge on any atom is -0.386 e. The third-order valence-electron chi connectivity index (χ3n) is 2.74. The molecule has 0 radical (unpaired) electrons. The number of hydrogen-bond donors (Lipinski definition) is 1. The van der Waals surface area contributed by atoms with Gasteiger partial charge in [-0.05, 0) is 18.1 Å². The van der Waals surface area contributed by atoms with Crippen molar-refractivity contribution >= 4 is 11.6 Å². The first-order valence-electron chi connectivity index (χ1n) is 6.00. The molecule has 0 aliphatic carbocycles. The highest BCUT2D eigenvalue weighted by Crippen LogP contribution is 2.25. The van der Waals surface area contributed by atoms with Crippen LogP contribution in [0, 0.1) is 0 Å². The molecule has 2 aromatic heterocycles. The Morgan fingerprint density at radius 1 is 1.44 bits per heavy atom. The molecule has 0 spiro atoms. The Balaban J connectivity index is 2.18. The average Bonchev–Trinajstić information content (AvgIpc) is 2.72. The standard InChI is InChI=1S/C13H16ClN3O/c1-2-6-17-13(11(14)9-16-17)12(18)7-10-4-3-5-15-8-10/h3-5,8-9,12,18H,2,6-7H2,1H3. The molecule has 5 heteroatoms. The van der Waals surface area contributed by atoms with E-state index in [1.807, 2.05) is 12.1 Å². The Labute approximate surface area is 111 Å². The van der Waals surface area contributed by atoms with Crippen molar-refractivity contribution in [3.63, 3.8) is 0 Å². The van der Waals surface area contributed by atoms with E-state index in [-0.39, 0.29) is 0 Å². The van der Waals surface area contributed by atoms with Gasteiger partial charge in [0.05, 0.1) is 16.9 Å². The number of rotatable bonds is 5. The number of halogens is 1. The van der Waals surface area contributed by atoms with Gasteiger partial charge in [-0.25, -0.2) is 0 Å². The number of aryl methyl sites for hydroxylation is 1. The summed E-state index contributed by atoms with van der Waals surface area (Å²) in [6.07, 6.45) is 5.82. The lowest BCUT2D eigenvalue weighted by atomic mass is 10.1. The molecule has 1 atom stereocenters. The molecular formula is C13H16ClN3O. The second-order valence-electron chi connectivity index (χ2n) is 4.18. The van der Waals surface area contributed by atoms with Crippen molar-refractivity contribution in [3.05, 3.63) is 47.0 Å². The summed E-state index contributed by atoms with van der Waals surface area (Å²) in [5.41, 5.74) is 1.66. The zero-order chi connectivity index (χ0) is 13.0. The normalized spacial score (nSPS) is 12.6. The summed E-state index contributed by atoms with van der Waals surface area (Å²) >= 11 is 6.08. The molecule has 0 fully saturated rings. The fraction of sp³-hybridized carbons (Fsp3) is 0.385. The van der Waals surface area contributed by atoms with E-state index >= 15 is 0 Å². The van der Waals surface area contributed by atoms with Crippen molar-refractivity contribution in [2.75, 3.05) is 0 Å². The molecule has 0 saturated carbocycles. The van der Waals surface area contributed by atoms with Gasteiger partial charge in [0.15, 0.2) is 0 Å². The van der Waals surface area contributed by atoms with Crippen LogP contribution in [-0.2, 0) is 13.0 Å². The highest BCUT2D eigenvalue weighted by atomic mass is 35.5. The SMILES string of the molecule is CCCn1ncc(Cl)c1C(O)Cc1cccnc1. The molecule has 2 heterocycles. The Hall–Kier alpha value is -1.39. The van der Waals surface area contributed by atoms with Crippen molar-refractivity contribution in [2.45, 2.75) is 32.4 Å². The quantitative estimate of drug-likeness (QED) is 0.904. The molecular weight excluding hydrogens is 250 g/mol. The molecule has 0 aromatic carbocycles. The summed E-state index contributed by atoms with van der Waals surface area (Å²) in [6, 6.07) is 3.79. The van der Waals surface area contributed by atoms with Gasteiger partial charge in [0, 0.05) is 25.4 Å². The van der Waals surface area contributed by atoms with Gasteiger partial charge < -0.3 is 5.11 Å². The van der Waals surface area contributed by atoms with Gasteiger partial charge >= 0.3 is 0 Å². The molecule has 0 bridgehead atoms. The highest BCUT2D eigenvalue weighted by molar-refractivity contribution is 6.31. The maximum absolute atomic E-state index is 10.3. The van der Waals surface area contributed by atoms with Crippen LogP contribution >= 0.6 is 11.6 Å². The van der Waals surface area contributed by atoms with Gasteiger partial charge in [-0.1, -0.05) is 24.6 Å². The lowest BCUT2D eigenvalue weighted by Crippen LogP contribution is -2.11. The molecule has 18 heavy (non-hydrogen) atoms. The number of hydrogen-bond acceptors (Lipinski definition) is 3. The molecule has 4 nitrogen and oxygen atoms in total. The maximum atomic E-state index is 10.3. The molecule has 0 aliphatic heterocycles. The van der Waals surface area contributed by atoms with Crippen molar-refractivity contribution in [1.29, 1.82) is 0 Å². The van der Waals surface area contributed by atoms with Crippen LogP contribution in [0.5, 0.6) is 0 Å². The molecule has 1 unspecified atom stereocenters. The largest absolute Gasteiger partial charge is 0.386 e. The van der Waals surface area contributed by atoms with Crippen LogP contribution in [0.4, 0.5) is 0 Å². The molecule has 0 saturated heterocycles. The van der Waals surface area contributed by atoms with E-state index in [1.165, 1.54) is 0 Å². The highest BCUT2D eigenvalue weighted by Gasteiger charge is 2.18. The summed E-state index contributed by atoms with van der Waals surface area (Å²) in [5, 5.41) is 15.0. The van der Waals surface area contributed by atoms with Gasteiger partial charge in [-0.2, -0.15) is 5.10 Å². The second-order valence-corrected chi connectivity index (χ2v) is 4.59. The van der Waals surface area contributed by atoms with Crippen molar-refractivity contribution < 1.29 is 5.11 Å². The predicted octanol–water partition coefficient (Wildman–Crippen LogP) is 2.62. The zero-order valence-electron chi connectivity index (χ0n) is 10.3. The van der Waals surface area contributed by atoms with Gasteiger partial charge in [0.25, 0.3) is 0 Å². The van der Waals surface area contributed by atoms with E-state index < -0.39 is 6.10 Å². The summed E-state index contributed by atoms with van der Waals surface area (Å²) in [6.45, 7) is 2.82. The lowest BCUT2D eigenvalue weighted by Gasteiger charge is -2.13. The van der Waals surface area contributed by atoms with E-state index in [9.17, 15) is 5.11 Å². The number of aliphatic hydroxyl groups excluding tert-OH is 1. The smallest absolute Gasteiger partial charge is 0.101 e. The number of aromatic nitrogens is 3. The minimum absolute atomic E-state index is 0.489. The zero-order valence-corrected chi connectivity index (χ0v) is 11.0. The van der Waals surface area contributed by atoms with E-state index in [0.29, 0.717) is 17.1 Å². The van der Waals surface area contributed by atoms with E-state index in [1.54, 1.807) is 23.3 Å². The lowest BCUT2D eigenvalue weighted by molar-refractivity contribution is 0.166. The molecule has 2 aromatic rings. The van der Waals surface area contributed by atoms with Crippen LogP contribution in [0.25, 0.3) is 0 Å². The molecule has 1 N–H and O–H groups in total. The molecule has 0 amide bonds. The van der Waals surface area contributed by atoms with E-state index in [2.05, 4.69) is 17.0 Å². The Morgan fingerprint density at radius 3 is 2.94 bits per heavy atom. The minimum atomic E-state index is -0.657.